The molecule has 1 aromatic heterocycles. The number of aromatic nitrogens is 2. The predicted octanol–water partition coefficient (Wildman–Crippen LogP) is 3.34. The first kappa shape index (κ1) is 19.1. The molecule has 5 nitrogen and oxygen atoms in total. The van der Waals surface area contributed by atoms with Gasteiger partial charge in [0.05, 0.1) is 5.92 Å². The molecular formula is C19H21F3N4O. The van der Waals surface area contributed by atoms with Crippen molar-refractivity contribution in [3.63, 3.8) is 0 Å². The zero-order chi connectivity index (χ0) is 19.4. The molecule has 0 saturated carbocycles. The van der Waals surface area contributed by atoms with Crippen molar-refractivity contribution < 1.29 is 18.0 Å². The summed E-state index contributed by atoms with van der Waals surface area (Å²) in [5, 5.41) is 6.95. The molecule has 0 spiro atoms. The number of carbonyl (C=O) groups is 1. The molecule has 1 aromatic carbocycles. The molecule has 8 heteroatoms. The predicted molar refractivity (Wildman–Crippen MR) is 95.3 cm³/mol. The lowest BCUT2D eigenvalue weighted by Crippen LogP contribution is -2.50. The van der Waals surface area contributed by atoms with Gasteiger partial charge in [-0.1, -0.05) is 37.3 Å². The fraction of sp³-hybridized carbons (Fsp3) is 0.421. The Morgan fingerprint density at radius 2 is 1.70 bits per heavy atom. The van der Waals surface area contributed by atoms with Gasteiger partial charge in [-0.3, -0.25) is 4.79 Å². The molecule has 1 saturated heterocycles. The average Bonchev–Trinajstić information content (AvgIpc) is 2.69. The van der Waals surface area contributed by atoms with Crippen LogP contribution in [0.3, 0.4) is 0 Å². The molecule has 0 N–H and O–H groups in total. The maximum atomic E-state index is 12.9. The summed E-state index contributed by atoms with van der Waals surface area (Å²) in [6, 6.07) is 11.9. The van der Waals surface area contributed by atoms with Gasteiger partial charge in [0, 0.05) is 26.2 Å². The van der Waals surface area contributed by atoms with E-state index in [0.29, 0.717) is 38.4 Å². The van der Waals surface area contributed by atoms with Gasteiger partial charge in [-0.05, 0) is 24.1 Å². The van der Waals surface area contributed by atoms with E-state index in [1.165, 1.54) is 6.07 Å². The average molecular weight is 378 g/mol. The van der Waals surface area contributed by atoms with Gasteiger partial charge in [0.1, 0.15) is 0 Å². The van der Waals surface area contributed by atoms with Gasteiger partial charge in [0.2, 0.25) is 5.91 Å². The maximum absolute atomic E-state index is 12.9. The van der Waals surface area contributed by atoms with E-state index >= 15 is 0 Å². The van der Waals surface area contributed by atoms with E-state index in [1.807, 2.05) is 47.1 Å². The molecule has 2 heterocycles. The molecule has 144 valence electrons. The molecular weight excluding hydrogens is 357 g/mol. The van der Waals surface area contributed by atoms with Crippen LogP contribution in [0.1, 0.15) is 30.5 Å². The van der Waals surface area contributed by atoms with Gasteiger partial charge in [0.15, 0.2) is 11.5 Å². The highest BCUT2D eigenvalue weighted by atomic mass is 19.4. The van der Waals surface area contributed by atoms with Gasteiger partial charge in [-0.25, -0.2) is 0 Å². The molecule has 0 bridgehead atoms. The second kappa shape index (κ2) is 7.94. The second-order valence-corrected chi connectivity index (χ2v) is 6.46. The Morgan fingerprint density at radius 3 is 2.22 bits per heavy atom. The Labute approximate surface area is 155 Å². The number of carbonyl (C=O) groups excluding carboxylic acids is 1. The van der Waals surface area contributed by atoms with Crippen LogP contribution in [0, 0.1) is 0 Å². The second-order valence-electron chi connectivity index (χ2n) is 6.46. The summed E-state index contributed by atoms with van der Waals surface area (Å²) in [6.45, 7) is 4.02. The molecule has 1 aliphatic heterocycles. The summed E-state index contributed by atoms with van der Waals surface area (Å²) in [6.07, 6.45) is -3.78. The number of alkyl halides is 3. The van der Waals surface area contributed by atoms with E-state index in [1.54, 1.807) is 0 Å². The summed E-state index contributed by atoms with van der Waals surface area (Å²) >= 11 is 0. The Hall–Kier alpha value is -2.64. The molecule has 1 unspecified atom stereocenters. The quantitative estimate of drug-likeness (QED) is 0.819. The Kier molecular flexibility index (Phi) is 5.62. The summed E-state index contributed by atoms with van der Waals surface area (Å²) in [7, 11) is 0. The zero-order valence-electron chi connectivity index (χ0n) is 15.0. The zero-order valence-corrected chi connectivity index (χ0v) is 15.0. The summed E-state index contributed by atoms with van der Waals surface area (Å²) in [4.78, 5) is 16.5. The molecule has 27 heavy (non-hydrogen) atoms. The number of amides is 1. The molecule has 0 radical (unpaired) electrons. The first-order valence-corrected chi connectivity index (χ1v) is 8.89. The number of halogens is 3. The normalized spacial score (nSPS) is 16.3. The van der Waals surface area contributed by atoms with E-state index in [2.05, 4.69) is 10.2 Å². The number of anilines is 1. The van der Waals surface area contributed by atoms with Crippen LogP contribution in [-0.4, -0.2) is 47.2 Å². The smallest absolute Gasteiger partial charge is 0.352 e. The maximum Gasteiger partial charge on any atom is 0.435 e. The van der Waals surface area contributed by atoms with Crippen LogP contribution in [0.4, 0.5) is 19.0 Å². The van der Waals surface area contributed by atoms with Crippen molar-refractivity contribution in [2.24, 2.45) is 0 Å². The number of benzene rings is 1. The van der Waals surface area contributed by atoms with Crippen molar-refractivity contribution in [2.75, 3.05) is 31.1 Å². The Bertz CT molecular complexity index is 757. The van der Waals surface area contributed by atoms with E-state index < -0.39 is 11.9 Å². The minimum Gasteiger partial charge on any atom is -0.352 e. The first-order chi connectivity index (χ1) is 12.9. The number of hydrogen-bond donors (Lipinski definition) is 0. The van der Waals surface area contributed by atoms with Crippen LogP contribution < -0.4 is 4.90 Å². The van der Waals surface area contributed by atoms with Crippen LogP contribution in [0.2, 0.25) is 0 Å². The van der Waals surface area contributed by atoms with Crippen LogP contribution in [0.25, 0.3) is 0 Å². The molecule has 1 aliphatic rings. The lowest BCUT2D eigenvalue weighted by Gasteiger charge is -2.36. The molecule has 1 atom stereocenters. The SMILES string of the molecule is CCC(C(=O)N1CCN(c2ccc(C(F)(F)F)nn2)CC1)c1ccccc1. The summed E-state index contributed by atoms with van der Waals surface area (Å²) < 4.78 is 37.8. The third-order valence-corrected chi connectivity index (χ3v) is 4.76. The lowest BCUT2D eigenvalue weighted by atomic mass is 9.95. The van der Waals surface area contributed by atoms with Crippen molar-refractivity contribution in [1.29, 1.82) is 0 Å². The highest BCUT2D eigenvalue weighted by Crippen LogP contribution is 2.28. The molecule has 1 fully saturated rings. The molecule has 3 rings (SSSR count). The number of piperazine rings is 1. The summed E-state index contributed by atoms with van der Waals surface area (Å²) in [5.41, 5.74) is -0.00486. The van der Waals surface area contributed by atoms with Gasteiger partial charge in [-0.2, -0.15) is 13.2 Å². The molecule has 1 amide bonds. The third kappa shape index (κ3) is 4.37. The van der Waals surface area contributed by atoms with Crippen molar-refractivity contribution in [1.82, 2.24) is 15.1 Å². The minimum atomic E-state index is -4.50. The van der Waals surface area contributed by atoms with E-state index in [0.717, 1.165) is 11.6 Å². The minimum absolute atomic E-state index is 0.0850. The Morgan fingerprint density at radius 1 is 1.04 bits per heavy atom. The van der Waals surface area contributed by atoms with E-state index in [9.17, 15) is 18.0 Å². The third-order valence-electron chi connectivity index (χ3n) is 4.76. The van der Waals surface area contributed by atoms with Gasteiger partial charge in [-0.15, -0.1) is 10.2 Å². The van der Waals surface area contributed by atoms with Crippen molar-refractivity contribution in [3.05, 3.63) is 53.7 Å². The summed E-state index contributed by atoms with van der Waals surface area (Å²) in [5.74, 6) is 0.302. The van der Waals surface area contributed by atoms with Gasteiger partial charge in [0.25, 0.3) is 0 Å². The first-order valence-electron chi connectivity index (χ1n) is 8.89. The van der Waals surface area contributed by atoms with Crippen LogP contribution in [-0.2, 0) is 11.0 Å². The molecule has 0 aliphatic carbocycles. The Balaban J connectivity index is 1.62. The van der Waals surface area contributed by atoms with Crippen molar-refractivity contribution >= 4 is 11.7 Å². The molecule has 2 aromatic rings. The van der Waals surface area contributed by atoms with Crippen molar-refractivity contribution in [3.8, 4) is 0 Å². The highest BCUT2D eigenvalue weighted by Gasteiger charge is 2.33. The fourth-order valence-electron chi connectivity index (χ4n) is 3.26. The number of hydrogen-bond acceptors (Lipinski definition) is 4. The van der Waals surface area contributed by atoms with Gasteiger partial charge >= 0.3 is 6.18 Å². The van der Waals surface area contributed by atoms with Crippen LogP contribution in [0.5, 0.6) is 0 Å². The van der Waals surface area contributed by atoms with Crippen LogP contribution >= 0.6 is 0 Å². The van der Waals surface area contributed by atoms with Crippen molar-refractivity contribution in [2.45, 2.75) is 25.4 Å². The number of nitrogens with zero attached hydrogens (tertiary/aromatic N) is 4. The largest absolute Gasteiger partial charge is 0.435 e. The standard InChI is InChI=1S/C19H21F3N4O/c1-2-15(14-6-4-3-5-7-14)18(27)26-12-10-25(11-13-26)17-9-8-16(23-24-17)19(20,21)22/h3-9,15H,2,10-13H2,1H3. The fourth-order valence-corrected chi connectivity index (χ4v) is 3.26. The van der Waals surface area contributed by atoms with E-state index in [4.69, 9.17) is 0 Å². The van der Waals surface area contributed by atoms with Gasteiger partial charge < -0.3 is 9.80 Å². The van der Waals surface area contributed by atoms with E-state index in [-0.39, 0.29) is 11.8 Å². The van der Waals surface area contributed by atoms with Crippen LogP contribution in [0.15, 0.2) is 42.5 Å². The monoisotopic (exact) mass is 378 g/mol. The highest BCUT2D eigenvalue weighted by molar-refractivity contribution is 5.84. The topological polar surface area (TPSA) is 49.3 Å². The lowest BCUT2D eigenvalue weighted by molar-refractivity contribution is -0.141. The number of rotatable bonds is 4.